The van der Waals surface area contributed by atoms with Gasteiger partial charge >= 0.3 is 0 Å². The van der Waals surface area contributed by atoms with Crippen LogP contribution in [0, 0.1) is 17.1 Å². The quantitative estimate of drug-likeness (QED) is 0.266. The normalized spacial score (nSPS) is 14.1. The van der Waals surface area contributed by atoms with Crippen LogP contribution in [-0.2, 0) is 17.9 Å². The Morgan fingerprint density at radius 3 is 2.81 bits per heavy atom. The molecule has 0 fully saturated rings. The molecule has 42 heavy (non-hydrogen) atoms. The van der Waals surface area contributed by atoms with Gasteiger partial charge < -0.3 is 20.5 Å². The van der Waals surface area contributed by atoms with Crippen LogP contribution in [0.25, 0.3) is 10.1 Å². The summed E-state index contributed by atoms with van der Waals surface area (Å²) in [6.45, 7) is -0.236. The van der Waals surface area contributed by atoms with Gasteiger partial charge in [0, 0.05) is 28.7 Å². The number of benzene rings is 2. The van der Waals surface area contributed by atoms with Crippen molar-refractivity contribution >= 4 is 56.8 Å². The van der Waals surface area contributed by atoms with Crippen LogP contribution in [-0.4, -0.2) is 36.6 Å². The van der Waals surface area contributed by atoms with Crippen molar-refractivity contribution in [2.75, 3.05) is 5.32 Å². The summed E-state index contributed by atoms with van der Waals surface area (Å²) in [6, 6.07) is 15.0. The van der Waals surface area contributed by atoms with Crippen molar-refractivity contribution in [3.63, 3.8) is 0 Å². The van der Waals surface area contributed by atoms with E-state index in [4.69, 9.17) is 16.9 Å². The monoisotopic (exact) mass is 600 g/mol. The van der Waals surface area contributed by atoms with Gasteiger partial charge in [0.15, 0.2) is 5.82 Å². The molecule has 0 spiro atoms. The molecule has 14 heteroatoms. The molecule has 6 rings (SSSR count). The zero-order valence-electron chi connectivity index (χ0n) is 21.4. The van der Waals surface area contributed by atoms with E-state index in [-0.39, 0.29) is 52.4 Å². The number of aromatic nitrogens is 4. The first-order chi connectivity index (χ1) is 20.3. The zero-order chi connectivity index (χ0) is 29.4. The fourth-order valence-corrected chi connectivity index (χ4v) is 5.64. The van der Waals surface area contributed by atoms with Crippen molar-refractivity contribution in [1.29, 1.82) is 5.26 Å². The fraction of sp³-hybridized carbons (Fsp3) is 0.107. The molecule has 1 atom stereocenters. The molecule has 0 bridgehead atoms. The minimum absolute atomic E-state index is 0.0207. The minimum Gasteiger partial charge on any atom is -0.345 e. The van der Waals surface area contributed by atoms with E-state index in [1.54, 1.807) is 18.2 Å². The van der Waals surface area contributed by atoms with E-state index in [1.165, 1.54) is 35.0 Å². The highest BCUT2D eigenvalue weighted by Crippen LogP contribution is 2.36. The number of hydrogen-bond donors (Lipinski definition) is 3. The van der Waals surface area contributed by atoms with Crippen molar-refractivity contribution in [1.82, 2.24) is 29.5 Å². The average molecular weight is 601 g/mol. The van der Waals surface area contributed by atoms with E-state index in [9.17, 15) is 18.8 Å². The molecule has 1 aliphatic heterocycles. The average Bonchev–Trinajstić information content (AvgIpc) is 3.59. The number of pyridine rings is 1. The van der Waals surface area contributed by atoms with Gasteiger partial charge in [0.05, 0.1) is 16.4 Å². The minimum atomic E-state index is -1.03. The summed E-state index contributed by atoms with van der Waals surface area (Å²) < 4.78 is 20.8. The number of halogens is 2. The van der Waals surface area contributed by atoms with Crippen LogP contribution in [0.2, 0.25) is 5.02 Å². The second kappa shape index (κ2) is 11.0. The highest BCUT2D eigenvalue weighted by Gasteiger charge is 2.36. The van der Waals surface area contributed by atoms with Gasteiger partial charge in [0.2, 0.25) is 11.7 Å². The van der Waals surface area contributed by atoms with Crippen molar-refractivity contribution in [2.24, 2.45) is 0 Å². The molecule has 0 saturated heterocycles. The van der Waals surface area contributed by atoms with Crippen LogP contribution >= 0.6 is 23.1 Å². The molecule has 0 saturated carbocycles. The predicted octanol–water partition coefficient (Wildman–Crippen LogP) is 3.95. The van der Waals surface area contributed by atoms with E-state index in [0.717, 1.165) is 16.2 Å². The molecule has 0 unspecified atom stereocenters. The summed E-state index contributed by atoms with van der Waals surface area (Å²) in [7, 11) is 0. The lowest BCUT2D eigenvalue weighted by Crippen LogP contribution is -2.41. The van der Waals surface area contributed by atoms with Crippen LogP contribution in [0.4, 0.5) is 10.2 Å². The number of amides is 3. The summed E-state index contributed by atoms with van der Waals surface area (Å²) in [6.07, 6.45) is 1.46. The lowest BCUT2D eigenvalue weighted by atomic mass is 10.0. The maximum atomic E-state index is 14.3. The van der Waals surface area contributed by atoms with E-state index >= 15 is 0 Å². The molecule has 3 N–H and O–H groups in total. The standard InChI is InChI=1S/C28H18ClFN8O3S/c29-19-8-6-15(30)9-18(19)22-24-25(36-27(40)23-17-3-1-2-4-20(17)42-37-23)35-26(38(24)13-21(39)34-22)28(41)33-12-14-5-7-16(10-31)32-11-14/h1-9,11,22H,12-13H2,(H,33,41)(H,34,39)(H,36,40)/t22-/m0/s1. The van der Waals surface area contributed by atoms with Gasteiger partial charge in [-0.25, -0.2) is 14.4 Å². The highest BCUT2D eigenvalue weighted by atomic mass is 35.5. The molecular weight excluding hydrogens is 583 g/mol. The first kappa shape index (κ1) is 27.0. The number of anilines is 1. The smallest absolute Gasteiger partial charge is 0.287 e. The van der Waals surface area contributed by atoms with E-state index in [1.807, 2.05) is 18.2 Å². The van der Waals surface area contributed by atoms with Crippen molar-refractivity contribution in [3.05, 3.63) is 106 Å². The number of nitrogens with one attached hydrogen (secondary N) is 3. The maximum absolute atomic E-state index is 14.3. The molecule has 0 radical (unpaired) electrons. The SMILES string of the molecule is N#Cc1ccc(CNC(=O)c2nc(NC(=O)c3nsc4ccccc34)c3n2CC(=O)N[C@H]3c2cc(F)ccc2Cl)cn1. The Hall–Kier alpha value is -5.19. The van der Waals surface area contributed by atoms with Gasteiger partial charge in [-0.15, -0.1) is 0 Å². The number of rotatable bonds is 6. The Balaban J connectivity index is 1.40. The Bertz CT molecular complexity index is 1930. The summed E-state index contributed by atoms with van der Waals surface area (Å²) in [5, 5.41) is 18.0. The largest absolute Gasteiger partial charge is 0.345 e. The molecule has 3 amide bonds. The van der Waals surface area contributed by atoms with Gasteiger partial charge in [-0.3, -0.25) is 14.4 Å². The van der Waals surface area contributed by atoms with Gasteiger partial charge in [0.1, 0.15) is 29.8 Å². The molecular formula is C28H18ClFN8O3S. The summed E-state index contributed by atoms with van der Waals surface area (Å²) >= 11 is 7.57. The molecule has 5 aromatic rings. The third-order valence-corrected chi connectivity index (χ3v) is 7.75. The lowest BCUT2D eigenvalue weighted by Gasteiger charge is -2.28. The molecule has 11 nitrogen and oxygen atoms in total. The molecule has 0 aliphatic carbocycles. The van der Waals surface area contributed by atoms with Gasteiger partial charge in [0.25, 0.3) is 11.8 Å². The number of nitriles is 1. The number of imidazole rings is 1. The van der Waals surface area contributed by atoms with Crippen LogP contribution in [0.1, 0.15) is 49.7 Å². The van der Waals surface area contributed by atoms with Crippen LogP contribution in [0.3, 0.4) is 0 Å². The number of hydrogen-bond acceptors (Lipinski definition) is 8. The number of nitrogens with zero attached hydrogens (tertiary/aromatic N) is 5. The van der Waals surface area contributed by atoms with Gasteiger partial charge in [-0.2, -0.15) is 9.64 Å². The van der Waals surface area contributed by atoms with Gasteiger partial charge in [-0.05, 0) is 47.4 Å². The molecule has 2 aromatic carbocycles. The Morgan fingerprint density at radius 1 is 1.19 bits per heavy atom. The maximum Gasteiger partial charge on any atom is 0.287 e. The van der Waals surface area contributed by atoms with Crippen LogP contribution < -0.4 is 16.0 Å². The Labute approximate surface area is 246 Å². The highest BCUT2D eigenvalue weighted by molar-refractivity contribution is 7.13. The second-order valence-electron chi connectivity index (χ2n) is 9.25. The number of fused-ring (bicyclic) bond motifs is 2. The zero-order valence-corrected chi connectivity index (χ0v) is 23.0. The second-order valence-corrected chi connectivity index (χ2v) is 10.5. The fourth-order valence-electron chi connectivity index (χ4n) is 4.64. The van der Waals surface area contributed by atoms with E-state index in [0.29, 0.717) is 10.9 Å². The Kier molecular flexibility index (Phi) is 7.07. The van der Waals surface area contributed by atoms with Crippen molar-refractivity contribution < 1.29 is 18.8 Å². The predicted molar refractivity (Wildman–Crippen MR) is 151 cm³/mol. The lowest BCUT2D eigenvalue weighted by molar-refractivity contribution is -0.123. The summed E-state index contributed by atoms with van der Waals surface area (Å²) in [5.41, 5.74) is 1.47. The topological polar surface area (TPSA) is 155 Å². The van der Waals surface area contributed by atoms with Crippen molar-refractivity contribution in [3.8, 4) is 6.07 Å². The first-order valence-electron chi connectivity index (χ1n) is 12.5. The Morgan fingerprint density at radius 2 is 2.02 bits per heavy atom. The van der Waals surface area contributed by atoms with Gasteiger partial charge in [-0.1, -0.05) is 35.9 Å². The first-order valence-corrected chi connectivity index (χ1v) is 13.6. The van der Waals surface area contributed by atoms with Crippen LogP contribution in [0.15, 0.2) is 60.8 Å². The molecule has 4 heterocycles. The number of carbonyl (C=O) groups excluding carboxylic acids is 3. The molecule has 208 valence electrons. The molecule has 3 aromatic heterocycles. The van der Waals surface area contributed by atoms with E-state index in [2.05, 4.69) is 30.3 Å². The third-order valence-electron chi connectivity index (χ3n) is 6.58. The van der Waals surface area contributed by atoms with E-state index < -0.39 is 29.6 Å². The summed E-state index contributed by atoms with van der Waals surface area (Å²) in [4.78, 5) is 48.0. The third kappa shape index (κ3) is 5.05. The summed E-state index contributed by atoms with van der Waals surface area (Å²) in [5.74, 6) is -2.46. The molecule has 1 aliphatic rings. The van der Waals surface area contributed by atoms with Crippen molar-refractivity contribution in [2.45, 2.75) is 19.1 Å². The van der Waals surface area contributed by atoms with Crippen LogP contribution in [0.5, 0.6) is 0 Å². The number of carbonyl (C=O) groups is 3.